The molecular weight excluding hydrogens is 366 g/mol. The summed E-state index contributed by atoms with van der Waals surface area (Å²) in [7, 11) is 0. The van der Waals surface area contributed by atoms with E-state index in [1.165, 1.54) is 0 Å². The van der Waals surface area contributed by atoms with E-state index < -0.39 is 0 Å². The zero-order valence-electron chi connectivity index (χ0n) is 16.4. The SMILES string of the molecule is N#Cc1ccc(N2CCN(C(=O)[C@@H](c3cccnc3)N3CCOCC3)CC2)cc1. The number of morpholine rings is 1. The summed E-state index contributed by atoms with van der Waals surface area (Å²) < 4.78 is 5.48. The number of carbonyl (C=O) groups is 1. The van der Waals surface area contributed by atoms with Gasteiger partial charge in [0.15, 0.2) is 0 Å². The molecule has 2 aliphatic rings. The van der Waals surface area contributed by atoms with Crippen LogP contribution >= 0.6 is 0 Å². The van der Waals surface area contributed by atoms with Crippen molar-refractivity contribution in [2.24, 2.45) is 0 Å². The molecule has 2 fully saturated rings. The van der Waals surface area contributed by atoms with Crippen molar-refractivity contribution < 1.29 is 9.53 Å². The highest BCUT2D eigenvalue weighted by Crippen LogP contribution is 2.25. The van der Waals surface area contributed by atoms with E-state index in [1.54, 1.807) is 12.4 Å². The van der Waals surface area contributed by atoms with Gasteiger partial charge in [0.2, 0.25) is 5.91 Å². The Bertz CT molecular complexity index is 851. The van der Waals surface area contributed by atoms with Gasteiger partial charge in [-0.3, -0.25) is 14.7 Å². The number of rotatable bonds is 4. The number of pyridine rings is 1. The molecule has 1 atom stereocenters. The Hall–Kier alpha value is -2.95. The zero-order chi connectivity index (χ0) is 20.1. The predicted molar refractivity (Wildman–Crippen MR) is 109 cm³/mol. The van der Waals surface area contributed by atoms with Gasteiger partial charge in [-0.25, -0.2) is 0 Å². The highest BCUT2D eigenvalue weighted by Gasteiger charge is 2.34. The van der Waals surface area contributed by atoms with Crippen molar-refractivity contribution in [3.8, 4) is 6.07 Å². The van der Waals surface area contributed by atoms with E-state index in [0.29, 0.717) is 31.9 Å². The number of anilines is 1. The predicted octanol–water partition coefficient (Wildman–Crippen LogP) is 1.68. The van der Waals surface area contributed by atoms with E-state index in [9.17, 15) is 4.79 Å². The van der Waals surface area contributed by atoms with Crippen LogP contribution in [-0.4, -0.2) is 73.2 Å². The summed E-state index contributed by atoms with van der Waals surface area (Å²) in [5, 5.41) is 8.96. The Kier molecular flexibility index (Phi) is 6.03. The fourth-order valence-corrected chi connectivity index (χ4v) is 3.99. The van der Waals surface area contributed by atoms with Crippen LogP contribution in [0.4, 0.5) is 5.69 Å². The third kappa shape index (κ3) is 4.39. The second-order valence-electron chi connectivity index (χ2n) is 7.31. The van der Waals surface area contributed by atoms with Crippen molar-refractivity contribution in [3.05, 3.63) is 59.9 Å². The Morgan fingerprint density at radius 2 is 1.76 bits per heavy atom. The lowest BCUT2D eigenvalue weighted by Crippen LogP contribution is -2.53. The molecule has 4 rings (SSSR count). The Balaban J connectivity index is 1.45. The first-order valence-corrected chi connectivity index (χ1v) is 10.0. The monoisotopic (exact) mass is 391 g/mol. The minimum Gasteiger partial charge on any atom is -0.379 e. The molecule has 150 valence electrons. The molecule has 0 radical (unpaired) electrons. The van der Waals surface area contributed by atoms with Crippen molar-refractivity contribution in [1.82, 2.24) is 14.8 Å². The highest BCUT2D eigenvalue weighted by molar-refractivity contribution is 5.83. The zero-order valence-corrected chi connectivity index (χ0v) is 16.4. The van der Waals surface area contributed by atoms with E-state index >= 15 is 0 Å². The normalized spacial score (nSPS) is 18.9. The molecule has 7 nitrogen and oxygen atoms in total. The van der Waals surface area contributed by atoms with Gasteiger partial charge in [-0.1, -0.05) is 6.07 Å². The maximum atomic E-state index is 13.5. The lowest BCUT2D eigenvalue weighted by molar-refractivity contribution is -0.139. The van der Waals surface area contributed by atoms with E-state index in [-0.39, 0.29) is 11.9 Å². The number of hydrogen-bond donors (Lipinski definition) is 0. The lowest BCUT2D eigenvalue weighted by atomic mass is 10.0. The van der Waals surface area contributed by atoms with Gasteiger partial charge in [-0.2, -0.15) is 5.26 Å². The molecule has 0 spiro atoms. The van der Waals surface area contributed by atoms with Gasteiger partial charge < -0.3 is 14.5 Å². The molecule has 0 unspecified atom stereocenters. The number of amides is 1. The molecule has 2 saturated heterocycles. The van der Waals surface area contributed by atoms with Crippen molar-refractivity contribution >= 4 is 11.6 Å². The second kappa shape index (κ2) is 9.03. The van der Waals surface area contributed by atoms with Gasteiger partial charge in [-0.15, -0.1) is 0 Å². The first-order valence-electron chi connectivity index (χ1n) is 10.0. The lowest BCUT2D eigenvalue weighted by Gasteiger charge is -2.40. The molecule has 1 aromatic heterocycles. The van der Waals surface area contributed by atoms with Crippen LogP contribution in [-0.2, 0) is 9.53 Å². The summed E-state index contributed by atoms with van der Waals surface area (Å²) in [6.45, 7) is 5.71. The Morgan fingerprint density at radius 3 is 2.38 bits per heavy atom. The van der Waals surface area contributed by atoms with Crippen molar-refractivity contribution in [1.29, 1.82) is 5.26 Å². The van der Waals surface area contributed by atoms with Crippen LogP contribution in [0.25, 0.3) is 0 Å². The molecule has 29 heavy (non-hydrogen) atoms. The molecule has 0 N–H and O–H groups in total. The smallest absolute Gasteiger partial charge is 0.244 e. The summed E-state index contributed by atoms with van der Waals surface area (Å²) in [6.07, 6.45) is 3.53. The fraction of sp³-hybridized carbons (Fsp3) is 0.409. The largest absolute Gasteiger partial charge is 0.379 e. The summed E-state index contributed by atoms with van der Waals surface area (Å²) >= 11 is 0. The standard InChI is InChI=1S/C22H25N5O2/c23-16-18-3-5-20(6-4-18)25-8-10-27(11-9-25)22(28)21(19-2-1-7-24-17-19)26-12-14-29-15-13-26/h1-7,17,21H,8-15H2/t21-/m1/s1. The average molecular weight is 391 g/mol. The van der Waals surface area contributed by atoms with E-state index in [2.05, 4.69) is 20.9 Å². The molecule has 2 aliphatic heterocycles. The Morgan fingerprint density at radius 1 is 1.03 bits per heavy atom. The summed E-state index contributed by atoms with van der Waals surface area (Å²) in [5.41, 5.74) is 2.69. The maximum Gasteiger partial charge on any atom is 0.244 e. The van der Waals surface area contributed by atoms with Gasteiger partial charge in [0.1, 0.15) is 6.04 Å². The number of nitrogens with zero attached hydrogens (tertiary/aromatic N) is 5. The highest BCUT2D eigenvalue weighted by atomic mass is 16.5. The number of piperazine rings is 1. The summed E-state index contributed by atoms with van der Waals surface area (Å²) in [6, 6.07) is 13.3. The van der Waals surface area contributed by atoms with Gasteiger partial charge in [-0.05, 0) is 35.9 Å². The number of benzene rings is 1. The third-order valence-electron chi connectivity index (χ3n) is 5.60. The van der Waals surface area contributed by atoms with Crippen molar-refractivity contribution in [2.45, 2.75) is 6.04 Å². The average Bonchev–Trinajstić information content (AvgIpc) is 2.81. The molecule has 7 heteroatoms. The number of ether oxygens (including phenoxy) is 1. The number of carbonyl (C=O) groups excluding carboxylic acids is 1. The van der Waals surface area contributed by atoms with E-state index in [4.69, 9.17) is 10.00 Å². The molecule has 3 heterocycles. The molecule has 0 saturated carbocycles. The van der Waals surface area contributed by atoms with E-state index in [1.807, 2.05) is 41.3 Å². The van der Waals surface area contributed by atoms with Crippen molar-refractivity contribution in [2.75, 3.05) is 57.4 Å². The quantitative estimate of drug-likeness (QED) is 0.790. The number of aromatic nitrogens is 1. The fourth-order valence-electron chi connectivity index (χ4n) is 3.99. The van der Waals surface area contributed by atoms with Crippen LogP contribution < -0.4 is 4.90 Å². The van der Waals surface area contributed by atoms with Gasteiger partial charge in [0.25, 0.3) is 0 Å². The van der Waals surface area contributed by atoms with Crippen LogP contribution in [0.15, 0.2) is 48.8 Å². The topological polar surface area (TPSA) is 72.7 Å². The minimum absolute atomic E-state index is 0.138. The van der Waals surface area contributed by atoms with Crippen LogP contribution in [0.5, 0.6) is 0 Å². The summed E-state index contributed by atoms with van der Waals surface area (Å²) in [5.74, 6) is 0.138. The maximum absolute atomic E-state index is 13.5. The number of nitriles is 1. The van der Waals surface area contributed by atoms with Gasteiger partial charge >= 0.3 is 0 Å². The minimum atomic E-state index is -0.311. The molecule has 1 aromatic carbocycles. The van der Waals surface area contributed by atoms with Crippen LogP contribution in [0.1, 0.15) is 17.2 Å². The number of hydrogen-bond acceptors (Lipinski definition) is 6. The molecular formula is C22H25N5O2. The second-order valence-corrected chi connectivity index (χ2v) is 7.31. The third-order valence-corrected chi connectivity index (χ3v) is 5.60. The molecule has 0 bridgehead atoms. The first kappa shape index (κ1) is 19.4. The summed E-state index contributed by atoms with van der Waals surface area (Å²) in [4.78, 5) is 24.2. The first-order chi connectivity index (χ1) is 14.3. The van der Waals surface area contributed by atoms with E-state index in [0.717, 1.165) is 37.4 Å². The van der Waals surface area contributed by atoms with Crippen LogP contribution in [0.2, 0.25) is 0 Å². The van der Waals surface area contributed by atoms with Crippen molar-refractivity contribution in [3.63, 3.8) is 0 Å². The van der Waals surface area contributed by atoms with Gasteiger partial charge in [0, 0.05) is 57.3 Å². The molecule has 0 aliphatic carbocycles. The van der Waals surface area contributed by atoms with Crippen LogP contribution in [0, 0.1) is 11.3 Å². The van der Waals surface area contributed by atoms with Crippen LogP contribution in [0.3, 0.4) is 0 Å². The molecule has 2 aromatic rings. The van der Waals surface area contributed by atoms with Gasteiger partial charge in [0.05, 0.1) is 24.8 Å². The Labute approximate surface area is 171 Å². The molecule has 1 amide bonds.